The smallest absolute Gasteiger partial charge is 0.407 e. The van der Waals surface area contributed by atoms with Gasteiger partial charge in [0.05, 0.1) is 13.2 Å². The van der Waals surface area contributed by atoms with Crippen LogP contribution in [-0.2, 0) is 9.53 Å². The maximum atomic E-state index is 12.1. The highest BCUT2D eigenvalue weighted by Gasteiger charge is 2.16. The lowest BCUT2D eigenvalue weighted by Crippen LogP contribution is -2.46. The average molecular weight is 363 g/mol. The fourth-order valence-corrected chi connectivity index (χ4v) is 2.48. The Balaban J connectivity index is 2.45. The fraction of sp³-hybridized carbons (Fsp3) is 0.526. The van der Waals surface area contributed by atoms with Gasteiger partial charge in [0.2, 0.25) is 5.91 Å². The number of carbonyl (C=O) groups is 3. The summed E-state index contributed by atoms with van der Waals surface area (Å²) in [5.74, 6) is -0.257. The van der Waals surface area contributed by atoms with Crippen molar-refractivity contribution >= 4 is 17.9 Å². The van der Waals surface area contributed by atoms with Crippen LogP contribution in [0, 0.1) is 12.8 Å². The first-order chi connectivity index (χ1) is 12.3. The average Bonchev–Trinajstić information content (AvgIpc) is 2.57. The van der Waals surface area contributed by atoms with Gasteiger partial charge in [-0.05, 0) is 37.8 Å². The van der Waals surface area contributed by atoms with Crippen LogP contribution in [0.5, 0.6) is 0 Å². The summed E-state index contributed by atoms with van der Waals surface area (Å²) in [5.41, 5.74) is 1.39. The zero-order valence-electron chi connectivity index (χ0n) is 15.9. The molecule has 3 amide bonds. The molecule has 1 rings (SSSR count). The van der Waals surface area contributed by atoms with E-state index >= 15 is 0 Å². The van der Waals surface area contributed by atoms with E-state index in [2.05, 4.69) is 16.0 Å². The van der Waals surface area contributed by atoms with E-state index in [4.69, 9.17) is 4.74 Å². The molecule has 26 heavy (non-hydrogen) atoms. The van der Waals surface area contributed by atoms with Crippen LogP contribution in [0.4, 0.5) is 4.79 Å². The highest BCUT2D eigenvalue weighted by atomic mass is 16.5. The minimum absolute atomic E-state index is 0.124. The molecule has 1 unspecified atom stereocenters. The molecule has 1 aromatic carbocycles. The number of ether oxygens (including phenoxy) is 1. The van der Waals surface area contributed by atoms with Crippen LogP contribution in [0.3, 0.4) is 0 Å². The van der Waals surface area contributed by atoms with Crippen molar-refractivity contribution in [3.8, 4) is 0 Å². The summed E-state index contributed by atoms with van der Waals surface area (Å²) in [6.07, 6.45) is 0.203. The molecule has 0 aliphatic carbocycles. The molecule has 7 heteroatoms. The fourth-order valence-electron chi connectivity index (χ4n) is 2.48. The molecule has 7 nitrogen and oxygen atoms in total. The minimum atomic E-state index is -0.500. The van der Waals surface area contributed by atoms with Crippen LogP contribution in [0.2, 0.25) is 0 Å². The monoisotopic (exact) mass is 363 g/mol. The van der Waals surface area contributed by atoms with Crippen LogP contribution in [0.25, 0.3) is 0 Å². The second-order valence-electron chi connectivity index (χ2n) is 6.49. The van der Waals surface area contributed by atoms with Gasteiger partial charge in [0.15, 0.2) is 0 Å². The Hall–Kier alpha value is -2.57. The van der Waals surface area contributed by atoms with E-state index in [-0.39, 0.29) is 37.6 Å². The summed E-state index contributed by atoms with van der Waals surface area (Å²) in [6.45, 7) is 8.07. The van der Waals surface area contributed by atoms with Crippen molar-refractivity contribution < 1.29 is 19.1 Å². The predicted molar refractivity (Wildman–Crippen MR) is 99.9 cm³/mol. The standard InChI is InChI=1S/C19H29N3O4/c1-5-26-19(25)22-15(10-13(2)3)11-20-17(23)12-21-18(24)16-9-7-6-8-14(16)4/h6-9,13,15H,5,10-12H2,1-4H3,(H,20,23)(H,21,24)(H,22,25). The molecule has 1 atom stereocenters. The molecule has 0 saturated carbocycles. The molecule has 3 N–H and O–H groups in total. The number of aryl methyl sites for hydroxylation is 1. The number of nitrogens with one attached hydrogen (secondary N) is 3. The molecule has 144 valence electrons. The number of rotatable bonds is 9. The zero-order chi connectivity index (χ0) is 19.5. The third-order valence-corrected chi connectivity index (χ3v) is 3.70. The highest BCUT2D eigenvalue weighted by molar-refractivity contribution is 5.97. The van der Waals surface area contributed by atoms with Crippen LogP contribution < -0.4 is 16.0 Å². The third kappa shape index (κ3) is 8.00. The Kier molecular flexibility index (Phi) is 9.19. The maximum absolute atomic E-state index is 12.1. The Bertz CT molecular complexity index is 617. The van der Waals surface area contributed by atoms with Crippen molar-refractivity contribution in [2.24, 2.45) is 5.92 Å². The van der Waals surface area contributed by atoms with Crippen molar-refractivity contribution in [1.29, 1.82) is 0 Å². The van der Waals surface area contributed by atoms with Crippen molar-refractivity contribution in [1.82, 2.24) is 16.0 Å². The molecule has 0 heterocycles. The van der Waals surface area contributed by atoms with Gasteiger partial charge < -0.3 is 20.7 Å². The lowest BCUT2D eigenvalue weighted by molar-refractivity contribution is -0.120. The van der Waals surface area contributed by atoms with Crippen LogP contribution in [0.1, 0.15) is 43.1 Å². The van der Waals surface area contributed by atoms with Crippen molar-refractivity contribution in [2.45, 2.75) is 40.2 Å². The molecule has 0 fully saturated rings. The molecule has 0 saturated heterocycles. The Morgan fingerprint density at radius 3 is 2.42 bits per heavy atom. The lowest BCUT2D eigenvalue weighted by atomic mass is 10.0. The summed E-state index contributed by atoms with van der Waals surface area (Å²) in [4.78, 5) is 35.7. The number of alkyl carbamates (subject to hydrolysis) is 1. The number of hydrogen-bond acceptors (Lipinski definition) is 4. The topological polar surface area (TPSA) is 96.5 Å². The summed E-state index contributed by atoms with van der Waals surface area (Å²) in [6, 6.07) is 6.95. The molecule has 0 aliphatic heterocycles. The quantitative estimate of drug-likeness (QED) is 0.625. The van der Waals surface area contributed by atoms with Gasteiger partial charge in [0.1, 0.15) is 0 Å². The summed E-state index contributed by atoms with van der Waals surface area (Å²) >= 11 is 0. The number of amides is 3. The Labute approximate surface area is 154 Å². The molecular weight excluding hydrogens is 334 g/mol. The summed E-state index contributed by atoms with van der Waals surface area (Å²) in [7, 11) is 0. The first-order valence-corrected chi connectivity index (χ1v) is 8.87. The minimum Gasteiger partial charge on any atom is -0.450 e. The lowest BCUT2D eigenvalue weighted by Gasteiger charge is -2.20. The van der Waals surface area contributed by atoms with E-state index in [0.717, 1.165) is 5.56 Å². The van der Waals surface area contributed by atoms with Crippen LogP contribution in [-0.4, -0.2) is 43.6 Å². The van der Waals surface area contributed by atoms with Gasteiger partial charge in [-0.2, -0.15) is 0 Å². The van der Waals surface area contributed by atoms with Gasteiger partial charge in [-0.1, -0.05) is 32.0 Å². The summed E-state index contributed by atoms with van der Waals surface area (Å²) in [5, 5.41) is 8.07. The molecule has 0 aromatic heterocycles. The third-order valence-electron chi connectivity index (χ3n) is 3.70. The zero-order valence-corrected chi connectivity index (χ0v) is 15.9. The number of hydrogen-bond donors (Lipinski definition) is 3. The van der Waals surface area contributed by atoms with Crippen molar-refractivity contribution in [3.63, 3.8) is 0 Å². The molecule has 0 bridgehead atoms. The predicted octanol–water partition coefficient (Wildman–Crippen LogP) is 2.00. The Morgan fingerprint density at radius 2 is 1.81 bits per heavy atom. The highest BCUT2D eigenvalue weighted by Crippen LogP contribution is 2.06. The SMILES string of the molecule is CCOC(=O)NC(CNC(=O)CNC(=O)c1ccccc1C)CC(C)C. The second kappa shape index (κ2) is 11.1. The largest absolute Gasteiger partial charge is 0.450 e. The summed E-state index contributed by atoms with van der Waals surface area (Å²) < 4.78 is 4.88. The van der Waals surface area contributed by atoms with E-state index < -0.39 is 6.09 Å². The molecule has 1 aromatic rings. The van der Waals surface area contributed by atoms with Gasteiger partial charge in [0.25, 0.3) is 5.91 Å². The molecule has 0 aliphatic rings. The molecule has 0 spiro atoms. The van der Waals surface area contributed by atoms with Crippen LogP contribution in [0.15, 0.2) is 24.3 Å². The van der Waals surface area contributed by atoms with Crippen LogP contribution >= 0.6 is 0 Å². The molecular formula is C19H29N3O4. The van der Waals surface area contributed by atoms with E-state index in [0.29, 0.717) is 17.9 Å². The van der Waals surface area contributed by atoms with Crippen molar-refractivity contribution in [3.05, 3.63) is 35.4 Å². The van der Waals surface area contributed by atoms with Crippen molar-refractivity contribution in [2.75, 3.05) is 19.7 Å². The van der Waals surface area contributed by atoms with Gasteiger partial charge >= 0.3 is 6.09 Å². The maximum Gasteiger partial charge on any atom is 0.407 e. The van der Waals surface area contributed by atoms with E-state index in [1.54, 1.807) is 19.1 Å². The van der Waals surface area contributed by atoms with Gasteiger partial charge in [-0.15, -0.1) is 0 Å². The van der Waals surface area contributed by atoms with Gasteiger partial charge in [-0.3, -0.25) is 9.59 Å². The Morgan fingerprint density at radius 1 is 1.12 bits per heavy atom. The van der Waals surface area contributed by atoms with E-state index in [1.165, 1.54) is 0 Å². The van der Waals surface area contributed by atoms with E-state index in [9.17, 15) is 14.4 Å². The van der Waals surface area contributed by atoms with Gasteiger partial charge in [0, 0.05) is 18.2 Å². The second-order valence-corrected chi connectivity index (χ2v) is 6.49. The van der Waals surface area contributed by atoms with E-state index in [1.807, 2.05) is 32.9 Å². The number of carbonyl (C=O) groups excluding carboxylic acids is 3. The molecule has 0 radical (unpaired) electrons. The van der Waals surface area contributed by atoms with Gasteiger partial charge in [-0.25, -0.2) is 4.79 Å². The number of benzene rings is 1. The normalized spacial score (nSPS) is 11.6. The first kappa shape index (κ1) is 21.5. The first-order valence-electron chi connectivity index (χ1n) is 8.87.